The molecule has 5 amide bonds. The van der Waals surface area contributed by atoms with Gasteiger partial charge in [0.05, 0.1) is 19.1 Å². The Bertz CT molecular complexity index is 676. The summed E-state index contributed by atoms with van der Waals surface area (Å²) < 4.78 is 0. The molecule has 30 heavy (non-hydrogen) atoms. The zero-order chi connectivity index (χ0) is 23.4. The maximum atomic E-state index is 12.4. The van der Waals surface area contributed by atoms with Crippen molar-refractivity contribution in [1.29, 1.82) is 0 Å². The molecule has 0 aromatic heterocycles. The average Bonchev–Trinajstić information content (AvgIpc) is 2.66. The number of aliphatic carboxylic acids is 1. The number of primary amides is 2. The molecule has 4 atom stereocenters. The van der Waals surface area contributed by atoms with Crippen LogP contribution in [0.15, 0.2) is 0 Å². The Labute approximate surface area is 176 Å². The molecule has 11 N–H and O–H groups in total. The van der Waals surface area contributed by atoms with Gasteiger partial charge in [0.25, 0.3) is 0 Å². The molecule has 4 unspecified atom stereocenters. The number of carboxylic acids is 1. The summed E-state index contributed by atoms with van der Waals surface area (Å²) in [6.07, 6.45) is -0.893. The molecule has 0 saturated carbocycles. The lowest BCUT2D eigenvalue weighted by Crippen LogP contribution is -2.58. The number of rotatable bonds is 14. The van der Waals surface area contributed by atoms with E-state index in [9.17, 15) is 28.8 Å². The van der Waals surface area contributed by atoms with E-state index >= 15 is 0 Å². The summed E-state index contributed by atoms with van der Waals surface area (Å²) in [6, 6.07) is -5.67. The van der Waals surface area contributed by atoms with Crippen molar-refractivity contribution in [1.82, 2.24) is 16.0 Å². The molecular formula is C15H26N6O8S. The summed E-state index contributed by atoms with van der Waals surface area (Å²) in [4.78, 5) is 69.5. The second kappa shape index (κ2) is 13.3. The number of carboxylic acid groups (broad SMARTS) is 1. The molecule has 0 aromatic rings. The van der Waals surface area contributed by atoms with E-state index in [1.165, 1.54) is 0 Å². The Hall–Kier alpha value is -2.91. The van der Waals surface area contributed by atoms with Gasteiger partial charge >= 0.3 is 5.97 Å². The van der Waals surface area contributed by atoms with Gasteiger partial charge in [-0.3, -0.25) is 24.0 Å². The van der Waals surface area contributed by atoms with Gasteiger partial charge in [0.15, 0.2) is 0 Å². The summed E-state index contributed by atoms with van der Waals surface area (Å²) in [5, 5.41) is 24.2. The first-order valence-corrected chi connectivity index (χ1v) is 9.23. The highest BCUT2D eigenvalue weighted by Gasteiger charge is 2.30. The first kappa shape index (κ1) is 27.1. The molecule has 14 nitrogen and oxygen atoms in total. The van der Waals surface area contributed by atoms with Gasteiger partial charge < -0.3 is 43.4 Å². The summed E-state index contributed by atoms with van der Waals surface area (Å²) in [7, 11) is 0. The number of thiol groups is 1. The van der Waals surface area contributed by atoms with Crippen LogP contribution >= 0.6 is 12.6 Å². The molecule has 0 aliphatic heterocycles. The number of hydrogen-bond donors (Lipinski definition) is 9. The van der Waals surface area contributed by atoms with Gasteiger partial charge in [0.1, 0.15) is 18.1 Å². The lowest BCUT2D eigenvalue weighted by Gasteiger charge is -2.23. The summed E-state index contributed by atoms with van der Waals surface area (Å²) >= 11 is 3.93. The van der Waals surface area contributed by atoms with Crippen LogP contribution in [0.5, 0.6) is 0 Å². The number of aliphatic hydroxyl groups is 1. The van der Waals surface area contributed by atoms with Crippen LogP contribution in [0.2, 0.25) is 0 Å². The van der Waals surface area contributed by atoms with Gasteiger partial charge in [-0.25, -0.2) is 4.79 Å². The van der Waals surface area contributed by atoms with E-state index in [1.54, 1.807) is 0 Å². The predicted octanol–water partition coefficient (Wildman–Crippen LogP) is -5.08. The second-order valence-electron chi connectivity index (χ2n) is 6.17. The smallest absolute Gasteiger partial charge is 0.328 e. The Kier molecular flexibility index (Phi) is 12.0. The van der Waals surface area contributed by atoms with Crippen LogP contribution in [0.1, 0.15) is 19.3 Å². The number of carbonyl (C=O) groups excluding carboxylic acids is 5. The Morgan fingerprint density at radius 2 is 1.33 bits per heavy atom. The zero-order valence-corrected chi connectivity index (χ0v) is 16.8. The highest BCUT2D eigenvalue weighted by molar-refractivity contribution is 7.80. The van der Waals surface area contributed by atoms with Crippen molar-refractivity contribution in [3.8, 4) is 0 Å². The molecule has 0 fully saturated rings. The fraction of sp³-hybridized carbons (Fsp3) is 0.600. The predicted molar refractivity (Wildman–Crippen MR) is 105 cm³/mol. The second-order valence-corrected chi connectivity index (χ2v) is 6.53. The van der Waals surface area contributed by atoms with E-state index in [0.717, 1.165) is 0 Å². The number of nitrogens with two attached hydrogens (primary N) is 3. The summed E-state index contributed by atoms with van der Waals surface area (Å²) in [5.41, 5.74) is 15.6. The van der Waals surface area contributed by atoms with Crippen molar-refractivity contribution in [3.63, 3.8) is 0 Å². The lowest BCUT2D eigenvalue weighted by atomic mass is 10.1. The quantitative estimate of drug-likeness (QED) is 0.114. The van der Waals surface area contributed by atoms with Crippen molar-refractivity contribution in [2.24, 2.45) is 17.2 Å². The van der Waals surface area contributed by atoms with Crippen LogP contribution in [0.3, 0.4) is 0 Å². The van der Waals surface area contributed by atoms with Crippen LogP contribution in [-0.4, -0.2) is 82.2 Å². The fourth-order valence-electron chi connectivity index (χ4n) is 2.04. The van der Waals surface area contributed by atoms with Gasteiger partial charge in [-0.2, -0.15) is 12.6 Å². The normalized spacial score (nSPS) is 14.5. The Balaban J connectivity index is 5.14. The molecule has 0 aromatic carbocycles. The largest absolute Gasteiger partial charge is 0.480 e. The van der Waals surface area contributed by atoms with Crippen molar-refractivity contribution in [2.75, 3.05) is 12.4 Å². The highest BCUT2D eigenvalue weighted by atomic mass is 32.1. The van der Waals surface area contributed by atoms with Gasteiger partial charge in [-0.05, 0) is 6.42 Å². The SMILES string of the molecule is NC(=O)CCC(N)C(=O)NC(CS)C(=O)NC(CC(N)=O)C(=O)NC(CO)C(=O)O. The standard InChI is InChI=1S/C15H26N6O8S/c16-6(1-2-10(17)23)12(25)21-9(5-30)14(27)19-7(3-11(18)24)13(26)20-8(4-22)15(28)29/h6-9,22,30H,1-5,16H2,(H2,17,23)(H2,18,24)(H,19,27)(H,20,26)(H,21,25)(H,28,29). The molecule has 0 aliphatic rings. The van der Waals surface area contributed by atoms with Gasteiger partial charge in [-0.1, -0.05) is 0 Å². The first-order valence-electron chi connectivity index (χ1n) is 8.60. The minimum atomic E-state index is -1.67. The first-order chi connectivity index (χ1) is 13.9. The van der Waals surface area contributed by atoms with Crippen molar-refractivity contribution in [3.05, 3.63) is 0 Å². The molecule has 0 bridgehead atoms. The highest BCUT2D eigenvalue weighted by Crippen LogP contribution is 2.00. The molecule has 15 heteroatoms. The number of aliphatic hydroxyl groups excluding tert-OH is 1. The van der Waals surface area contributed by atoms with Gasteiger partial charge in [-0.15, -0.1) is 0 Å². The van der Waals surface area contributed by atoms with E-state index < -0.39 is 72.7 Å². The van der Waals surface area contributed by atoms with Crippen LogP contribution in [0.4, 0.5) is 0 Å². The third-order valence-electron chi connectivity index (χ3n) is 3.69. The third-order valence-corrected chi connectivity index (χ3v) is 4.05. The third kappa shape index (κ3) is 10.0. The molecule has 0 radical (unpaired) electrons. The maximum absolute atomic E-state index is 12.4. The van der Waals surface area contributed by atoms with Gasteiger partial charge in [0, 0.05) is 12.2 Å². The molecule has 0 saturated heterocycles. The van der Waals surface area contributed by atoms with E-state index in [0.29, 0.717) is 0 Å². The lowest BCUT2D eigenvalue weighted by molar-refractivity contribution is -0.143. The minimum absolute atomic E-state index is 0.0630. The molecular weight excluding hydrogens is 424 g/mol. The van der Waals surface area contributed by atoms with Gasteiger partial charge in [0.2, 0.25) is 29.5 Å². The van der Waals surface area contributed by atoms with Crippen molar-refractivity contribution in [2.45, 2.75) is 43.4 Å². The van der Waals surface area contributed by atoms with E-state index in [4.69, 9.17) is 27.4 Å². The van der Waals surface area contributed by atoms with Crippen LogP contribution in [0.25, 0.3) is 0 Å². The minimum Gasteiger partial charge on any atom is -0.480 e. The topological polar surface area (TPSA) is 257 Å². The van der Waals surface area contributed by atoms with Crippen LogP contribution in [-0.2, 0) is 28.8 Å². The Morgan fingerprint density at radius 3 is 1.77 bits per heavy atom. The average molecular weight is 450 g/mol. The summed E-state index contributed by atoms with van der Waals surface area (Å²) in [5.74, 6) is -6.22. The molecule has 0 spiro atoms. The number of hydrogen-bond acceptors (Lipinski definition) is 9. The Morgan fingerprint density at radius 1 is 0.833 bits per heavy atom. The zero-order valence-electron chi connectivity index (χ0n) is 15.9. The van der Waals surface area contributed by atoms with E-state index in [1.807, 2.05) is 5.32 Å². The molecule has 0 rings (SSSR count). The van der Waals surface area contributed by atoms with E-state index in [-0.39, 0.29) is 18.6 Å². The van der Waals surface area contributed by atoms with Crippen molar-refractivity contribution >= 4 is 48.1 Å². The summed E-state index contributed by atoms with van der Waals surface area (Å²) in [6.45, 7) is -0.934. The monoisotopic (exact) mass is 450 g/mol. The number of amides is 5. The molecule has 170 valence electrons. The number of nitrogens with one attached hydrogen (secondary N) is 3. The van der Waals surface area contributed by atoms with E-state index in [2.05, 4.69) is 23.3 Å². The maximum Gasteiger partial charge on any atom is 0.328 e. The van der Waals surface area contributed by atoms with Crippen LogP contribution in [0, 0.1) is 0 Å². The van der Waals surface area contributed by atoms with Crippen molar-refractivity contribution < 1.29 is 39.0 Å². The fourth-order valence-corrected chi connectivity index (χ4v) is 2.30. The number of carbonyl (C=O) groups is 6. The van der Waals surface area contributed by atoms with Crippen LogP contribution < -0.4 is 33.2 Å². The molecule has 0 heterocycles. The molecule has 0 aliphatic carbocycles.